The average molecular weight is 313 g/mol. The van der Waals surface area contributed by atoms with E-state index in [1.165, 1.54) is 24.2 Å². The number of rotatable bonds is 4. The van der Waals surface area contributed by atoms with E-state index in [9.17, 15) is 13.6 Å². The van der Waals surface area contributed by atoms with Gasteiger partial charge in [-0.25, -0.2) is 8.78 Å². The van der Waals surface area contributed by atoms with Gasteiger partial charge in [0.25, 0.3) is 0 Å². The molecule has 2 rings (SSSR count). The molecule has 3 atom stereocenters. The van der Waals surface area contributed by atoms with Crippen LogP contribution in [0.15, 0.2) is 23.1 Å². The highest BCUT2D eigenvalue weighted by Crippen LogP contribution is 2.27. The fourth-order valence-electron chi connectivity index (χ4n) is 2.64. The largest absolute Gasteiger partial charge is 0.352 e. The van der Waals surface area contributed by atoms with Crippen LogP contribution in [0.4, 0.5) is 8.78 Å². The van der Waals surface area contributed by atoms with Crippen molar-refractivity contribution in [3.05, 3.63) is 29.8 Å². The lowest BCUT2D eigenvalue weighted by molar-refractivity contribution is -0.121. The summed E-state index contributed by atoms with van der Waals surface area (Å²) in [5, 5.41) is 2.76. The summed E-state index contributed by atoms with van der Waals surface area (Å²) in [4.78, 5) is 12.8. The molecule has 0 unspecified atom stereocenters. The molecule has 1 aromatic rings. The molecule has 1 saturated carbocycles. The van der Waals surface area contributed by atoms with Crippen LogP contribution < -0.4 is 5.32 Å². The van der Waals surface area contributed by atoms with Gasteiger partial charge >= 0.3 is 0 Å². The molecule has 0 heterocycles. The highest BCUT2D eigenvalue weighted by atomic mass is 32.2. The van der Waals surface area contributed by atoms with E-state index in [0.29, 0.717) is 10.8 Å². The number of hydrogen-bond acceptors (Lipinski definition) is 2. The van der Waals surface area contributed by atoms with Crippen LogP contribution in [0.5, 0.6) is 0 Å². The maximum atomic E-state index is 13.2. The van der Waals surface area contributed by atoms with Crippen LogP contribution in [0.2, 0.25) is 0 Å². The van der Waals surface area contributed by atoms with Crippen LogP contribution in [0.1, 0.15) is 39.5 Å². The molecule has 0 radical (unpaired) electrons. The first-order valence-corrected chi connectivity index (χ1v) is 8.27. The van der Waals surface area contributed by atoms with Gasteiger partial charge in [0.05, 0.1) is 5.25 Å². The molecule has 1 aliphatic carbocycles. The predicted molar refractivity (Wildman–Crippen MR) is 81.2 cm³/mol. The molecule has 0 aromatic heterocycles. The zero-order valence-corrected chi connectivity index (χ0v) is 13.2. The SMILES string of the molecule is C[C@@H]1CCCC[C@@H]1NC(=O)[C@@H](C)Sc1ccc(F)c(F)c1. The zero-order valence-electron chi connectivity index (χ0n) is 12.4. The maximum Gasteiger partial charge on any atom is 0.233 e. The van der Waals surface area contributed by atoms with Crippen molar-refractivity contribution in [1.29, 1.82) is 0 Å². The lowest BCUT2D eigenvalue weighted by Gasteiger charge is -2.30. The highest BCUT2D eigenvalue weighted by Gasteiger charge is 2.25. The number of thioether (sulfide) groups is 1. The van der Waals surface area contributed by atoms with Gasteiger partial charge in [0.1, 0.15) is 0 Å². The summed E-state index contributed by atoms with van der Waals surface area (Å²) in [6.45, 7) is 3.95. The molecular weight excluding hydrogens is 292 g/mol. The van der Waals surface area contributed by atoms with Gasteiger partial charge in [-0.3, -0.25) is 4.79 Å². The van der Waals surface area contributed by atoms with Crippen molar-refractivity contribution in [1.82, 2.24) is 5.32 Å². The van der Waals surface area contributed by atoms with E-state index in [1.54, 1.807) is 6.92 Å². The second kappa shape index (κ2) is 7.25. The molecule has 21 heavy (non-hydrogen) atoms. The lowest BCUT2D eigenvalue weighted by Crippen LogP contribution is -2.44. The molecule has 1 N–H and O–H groups in total. The van der Waals surface area contributed by atoms with E-state index in [-0.39, 0.29) is 17.2 Å². The number of halogens is 2. The molecule has 1 fully saturated rings. The maximum absolute atomic E-state index is 13.2. The third-order valence-corrected chi connectivity index (χ3v) is 5.11. The van der Waals surface area contributed by atoms with Crippen LogP contribution in [0.3, 0.4) is 0 Å². The predicted octanol–water partition coefficient (Wildman–Crippen LogP) is 4.14. The van der Waals surface area contributed by atoms with Crippen molar-refractivity contribution >= 4 is 17.7 Å². The van der Waals surface area contributed by atoms with Crippen LogP contribution >= 0.6 is 11.8 Å². The van der Waals surface area contributed by atoms with Crippen molar-refractivity contribution < 1.29 is 13.6 Å². The number of nitrogens with one attached hydrogen (secondary N) is 1. The fraction of sp³-hybridized carbons (Fsp3) is 0.562. The monoisotopic (exact) mass is 313 g/mol. The molecule has 1 amide bonds. The third-order valence-electron chi connectivity index (χ3n) is 4.01. The topological polar surface area (TPSA) is 29.1 Å². The molecular formula is C16H21F2NOS. The van der Waals surface area contributed by atoms with Crippen molar-refractivity contribution in [2.75, 3.05) is 0 Å². The molecule has 0 aliphatic heterocycles. The minimum Gasteiger partial charge on any atom is -0.352 e. The molecule has 116 valence electrons. The van der Waals surface area contributed by atoms with Gasteiger partial charge in [0, 0.05) is 10.9 Å². The van der Waals surface area contributed by atoms with Crippen molar-refractivity contribution in [3.63, 3.8) is 0 Å². The van der Waals surface area contributed by atoms with Gasteiger partial charge < -0.3 is 5.32 Å². The van der Waals surface area contributed by atoms with E-state index in [1.807, 2.05) is 0 Å². The van der Waals surface area contributed by atoms with Crippen LogP contribution in [-0.4, -0.2) is 17.2 Å². The van der Waals surface area contributed by atoms with Crippen molar-refractivity contribution in [2.24, 2.45) is 5.92 Å². The standard InChI is InChI=1S/C16H21F2NOS/c1-10-5-3-4-6-15(10)19-16(20)11(2)21-12-7-8-13(17)14(18)9-12/h7-11,15H,3-6H2,1-2H3,(H,19,20)/t10-,11-,15+/m1/s1. The quantitative estimate of drug-likeness (QED) is 0.846. The number of benzene rings is 1. The Bertz CT molecular complexity index is 509. The van der Waals surface area contributed by atoms with Gasteiger partial charge in [0.15, 0.2) is 11.6 Å². The Labute approximate surface area is 128 Å². The Kier molecular flexibility index (Phi) is 5.62. The minimum atomic E-state index is -0.881. The smallest absolute Gasteiger partial charge is 0.233 e. The lowest BCUT2D eigenvalue weighted by atomic mass is 9.86. The van der Waals surface area contributed by atoms with Gasteiger partial charge in [-0.1, -0.05) is 19.8 Å². The second-order valence-corrected chi connectivity index (χ2v) is 7.13. The number of carbonyl (C=O) groups is 1. The Hall–Kier alpha value is -1.10. The van der Waals surface area contributed by atoms with Crippen molar-refractivity contribution in [2.45, 2.75) is 55.7 Å². The molecule has 0 spiro atoms. The number of amides is 1. The van der Waals surface area contributed by atoms with Gasteiger partial charge in [0.2, 0.25) is 5.91 Å². The average Bonchev–Trinajstić information content (AvgIpc) is 2.45. The first-order chi connectivity index (χ1) is 9.97. The van der Waals surface area contributed by atoms with Crippen LogP contribution in [-0.2, 0) is 4.79 Å². The summed E-state index contributed by atoms with van der Waals surface area (Å²) >= 11 is 1.25. The third kappa shape index (κ3) is 4.43. The Morgan fingerprint density at radius 1 is 1.29 bits per heavy atom. The second-order valence-electron chi connectivity index (χ2n) is 5.71. The van der Waals surface area contributed by atoms with Gasteiger partial charge in [-0.05, 0) is 43.9 Å². The molecule has 1 aromatic carbocycles. The molecule has 1 aliphatic rings. The Balaban J connectivity index is 1.91. The van der Waals surface area contributed by atoms with E-state index < -0.39 is 11.6 Å². The summed E-state index contributed by atoms with van der Waals surface area (Å²) in [5.41, 5.74) is 0. The summed E-state index contributed by atoms with van der Waals surface area (Å²) < 4.78 is 26.0. The summed E-state index contributed by atoms with van der Waals surface area (Å²) in [6, 6.07) is 3.95. The zero-order chi connectivity index (χ0) is 15.4. The van der Waals surface area contributed by atoms with E-state index >= 15 is 0 Å². The van der Waals surface area contributed by atoms with Crippen LogP contribution in [0.25, 0.3) is 0 Å². The Morgan fingerprint density at radius 2 is 2.00 bits per heavy atom. The first-order valence-electron chi connectivity index (χ1n) is 7.39. The first kappa shape index (κ1) is 16.3. The summed E-state index contributed by atoms with van der Waals surface area (Å²) in [5.74, 6) is -1.28. The van der Waals surface area contributed by atoms with Crippen molar-refractivity contribution in [3.8, 4) is 0 Å². The molecule has 0 saturated heterocycles. The summed E-state index contributed by atoms with van der Waals surface area (Å²) in [6.07, 6.45) is 4.55. The van der Waals surface area contributed by atoms with E-state index in [4.69, 9.17) is 0 Å². The molecule has 2 nitrogen and oxygen atoms in total. The molecule has 5 heteroatoms. The normalized spacial score (nSPS) is 23.6. The summed E-state index contributed by atoms with van der Waals surface area (Å²) in [7, 11) is 0. The minimum absolute atomic E-state index is 0.0384. The van der Waals surface area contributed by atoms with Gasteiger partial charge in [-0.2, -0.15) is 0 Å². The van der Waals surface area contributed by atoms with Crippen LogP contribution in [0, 0.1) is 17.6 Å². The van der Waals surface area contributed by atoms with E-state index in [2.05, 4.69) is 12.2 Å². The highest BCUT2D eigenvalue weighted by molar-refractivity contribution is 8.00. The molecule has 0 bridgehead atoms. The van der Waals surface area contributed by atoms with E-state index in [0.717, 1.165) is 31.4 Å². The Morgan fingerprint density at radius 3 is 2.67 bits per heavy atom. The van der Waals surface area contributed by atoms with Gasteiger partial charge in [-0.15, -0.1) is 11.8 Å². The number of carbonyl (C=O) groups excluding carboxylic acids is 1. The number of hydrogen-bond donors (Lipinski definition) is 1. The fourth-order valence-corrected chi connectivity index (χ4v) is 3.54.